The molecule has 1 saturated carbocycles. The molecule has 1 aliphatic rings. The molecule has 0 atom stereocenters. The highest BCUT2D eigenvalue weighted by Gasteiger charge is 2.25. The minimum Gasteiger partial charge on any atom is -0.487 e. The average molecular weight is 224 g/mol. The highest BCUT2D eigenvalue weighted by molar-refractivity contribution is 7.98. The first-order valence-corrected chi connectivity index (χ1v) is 6.31. The van der Waals surface area contributed by atoms with Crippen LogP contribution in [0.5, 0.6) is 5.75 Å². The maximum atomic E-state index is 5.84. The molecule has 0 spiro atoms. The van der Waals surface area contributed by atoms with E-state index >= 15 is 0 Å². The molecule has 0 unspecified atom stereocenters. The Morgan fingerprint density at radius 1 is 1.47 bits per heavy atom. The van der Waals surface area contributed by atoms with Gasteiger partial charge < -0.3 is 9.64 Å². The van der Waals surface area contributed by atoms with E-state index in [0.29, 0.717) is 6.10 Å². The van der Waals surface area contributed by atoms with Gasteiger partial charge in [-0.25, -0.2) is 4.98 Å². The molecule has 1 heterocycles. The minimum atomic E-state index is 0.419. The molecule has 0 amide bonds. The second-order valence-electron chi connectivity index (χ2n) is 3.91. The normalized spacial score (nSPS) is 15.1. The number of aromatic nitrogens is 1. The second-order valence-corrected chi connectivity index (χ2v) is 4.79. The van der Waals surface area contributed by atoms with E-state index in [-0.39, 0.29) is 0 Å². The van der Waals surface area contributed by atoms with Gasteiger partial charge in [0.1, 0.15) is 0 Å². The van der Waals surface area contributed by atoms with Gasteiger partial charge in [0.25, 0.3) is 0 Å². The van der Waals surface area contributed by atoms with E-state index in [1.54, 1.807) is 11.8 Å². The zero-order chi connectivity index (χ0) is 10.8. The Labute approximate surface area is 94.8 Å². The van der Waals surface area contributed by atoms with Gasteiger partial charge >= 0.3 is 0 Å². The molecule has 15 heavy (non-hydrogen) atoms. The van der Waals surface area contributed by atoms with E-state index in [4.69, 9.17) is 4.74 Å². The summed E-state index contributed by atoms with van der Waals surface area (Å²) in [6, 6.07) is 2.07. The molecule has 0 aromatic carbocycles. The number of thioether (sulfide) groups is 1. The number of hydrogen-bond acceptors (Lipinski definition) is 4. The molecule has 1 aromatic heterocycles. The summed E-state index contributed by atoms with van der Waals surface area (Å²) < 4.78 is 5.84. The Morgan fingerprint density at radius 3 is 2.73 bits per heavy atom. The van der Waals surface area contributed by atoms with Gasteiger partial charge in [0, 0.05) is 25.2 Å². The minimum absolute atomic E-state index is 0.419. The molecule has 0 N–H and O–H groups in total. The van der Waals surface area contributed by atoms with Gasteiger partial charge in [0.2, 0.25) is 0 Å². The first-order valence-electron chi connectivity index (χ1n) is 5.08. The Kier molecular flexibility index (Phi) is 3.05. The van der Waals surface area contributed by atoms with Crippen molar-refractivity contribution < 1.29 is 4.74 Å². The van der Waals surface area contributed by atoms with Gasteiger partial charge in [0.15, 0.2) is 11.6 Å². The summed E-state index contributed by atoms with van der Waals surface area (Å²) in [5.74, 6) is 1.83. The SMILES string of the molecule is CSc1cnc(N(C)C)c(OC2CC2)c1. The summed E-state index contributed by atoms with van der Waals surface area (Å²) in [7, 11) is 3.97. The fourth-order valence-corrected chi connectivity index (χ4v) is 1.70. The molecule has 1 aromatic rings. The molecule has 82 valence electrons. The predicted molar refractivity (Wildman–Crippen MR) is 64.0 cm³/mol. The van der Waals surface area contributed by atoms with Crippen molar-refractivity contribution in [2.75, 3.05) is 25.3 Å². The summed E-state index contributed by atoms with van der Waals surface area (Å²) in [6.07, 6.45) is 6.71. The number of pyridine rings is 1. The fraction of sp³-hybridized carbons (Fsp3) is 0.545. The van der Waals surface area contributed by atoms with Crippen molar-refractivity contribution >= 4 is 17.6 Å². The number of hydrogen-bond donors (Lipinski definition) is 0. The van der Waals surface area contributed by atoms with Gasteiger partial charge in [-0.2, -0.15) is 0 Å². The van der Waals surface area contributed by atoms with E-state index in [2.05, 4.69) is 11.1 Å². The van der Waals surface area contributed by atoms with E-state index in [9.17, 15) is 0 Å². The van der Waals surface area contributed by atoms with Crippen LogP contribution in [0.15, 0.2) is 17.2 Å². The number of ether oxygens (including phenoxy) is 1. The van der Waals surface area contributed by atoms with Crippen molar-refractivity contribution in [2.45, 2.75) is 23.8 Å². The Hall–Kier alpha value is -0.900. The highest BCUT2D eigenvalue weighted by atomic mass is 32.2. The average Bonchev–Trinajstić information content (AvgIpc) is 3.01. The molecular formula is C11H16N2OS. The standard InChI is InChI=1S/C11H16N2OS/c1-13(2)11-10(14-8-4-5-8)6-9(15-3)7-12-11/h6-8H,4-5H2,1-3H3. The van der Waals surface area contributed by atoms with Crippen molar-refractivity contribution in [3.8, 4) is 5.75 Å². The highest BCUT2D eigenvalue weighted by Crippen LogP contribution is 2.34. The largest absolute Gasteiger partial charge is 0.487 e. The van der Waals surface area contributed by atoms with Crippen LogP contribution in [0.2, 0.25) is 0 Å². The first kappa shape index (κ1) is 10.6. The van der Waals surface area contributed by atoms with E-state index in [1.807, 2.05) is 31.4 Å². The van der Waals surface area contributed by atoms with Crippen molar-refractivity contribution in [2.24, 2.45) is 0 Å². The van der Waals surface area contributed by atoms with Crippen LogP contribution in [-0.4, -0.2) is 31.4 Å². The summed E-state index contributed by atoms with van der Waals surface area (Å²) in [6.45, 7) is 0. The molecular weight excluding hydrogens is 208 g/mol. The van der Waals surface area contributed by atoms with Crippen LogP contribution >= 0.6 is 11.8 Å². The van der Waals surface area contributed by atoms with Crippen molar-refractivity contribution in [1.82, 2.24) is 4.98 Å². The number of nitrogens with zero attached hydrogens (tertiary/aromatic N) is 2. The van der Waals surface area contributed by atoms with Gasteiger partial charge in [-0.1, -0.05) is 0 Å². The molecule has 1 aliphatic carbocycles. The lowest BCUT2D eigenvalue weighted by atomic mass is 10.4. The fourth-order valence-electron chi connectivity index (χ4n) is 1.32. The molecule has 4 heteroatoms. The van der Waals surface area contributed by atoms with Crippen molar-refractivity contribution in [3.63, 3.8) is 0 Å². The van der Waals surface area contributed by atoms with E-state index in [1.165, 1.54) is 12.8 Å². The van der Waals surface area contributed by atoms with Crippen LogP contribution in [0, 0.1) is 0 Å². The summed E-state index contributed by atoms with van der Waals surface area (Å²) in [4.78, 5) is 7.55. The summed E-state index contributed by atoms with van der Waals surface area (Å²) >= 11 is 1.69. The number of rotatable bonds is 4. The lowest BCUT2D eigenvalue weighted by Gasteiger charge is -2.16. The molecule has 1 fully saturated rings. The quantitative estimate of drug-likeness (QED) is 0.733. The van der Waals surface area contributed by atoms with Crippen molar-refractivity contribution in [3.05, 3.63) is 12.3 Å². The van der Waals surface area contributed by atoms with Crippen LogP contribution in [0.25, 0.3) is 0 Å². The van der Waals surface area contributed by atoms with Gasteiger partial charge in [0.05, 0.1) is 6.10 Å². The lowest BCUT2D eigenvalue weighted by molar-refractivity contribution is 0.302. The van der Waals surface area contributed by atoms with E-state index in [0.717, 1.165) is 16.5 Å². The number of anilines is 1. The maximum absolute atomic E-state index is 5.84. The summed E-state index contributed by atoms with van der Waals surface area (Å²) in [5.41, 5.74) is 0. The smallest absolute Gasteiger partial charge is 0.170 e. The van der Waals surface area contributed by atoms with Crippen LogP contribution < -0.4 is 9.64 Å². The van der Waals surface area contributed by atoms with Crippen LogP contribution in [0.1, 0.15) is 12.8 Å². The van der Waals surface area contributed by atoms with E-state index < -0.39 is 0 Å². The van der Waals surface area contributed by atoms with Crippen molar-refractivity contribution in [1.29, 1.82) is 0 Å². The third kappa shape index (κ3) is 2.56. The van der Waals surface area contributed by atoms with Crippen LogP contribution in [0.4, 0.5) is 5.82 Å². The topological polar surface area (TPSA) is 25.4 Å². The zero-order valence-corrected chi connectivity index (χ0v) is 10.2. The Bertz CT molecular complexity index is 350. The van der Waals surface area contributed by atoms with Gasteiger partial charge in [-0.3, -0.25) is 0 Å². The molecule has 0 saturated heterocycles. The zero-order valence-electron chi connectivity index (χ0n) is 9.36. The summed E-state index contributed by atoms with van der Waals surface area (Å²) in [5, 5.41) is 0. The second kappa shape index (κ2) is 4.31. The lowest BCUT2D eigenvalue weighted by Crippen LogP contribution is -2.13. The molecule has 2 rings (SSSR count). The predicted octanol–water partition coefficient (Wildman–Crippen LogP) is 2.41. The third-order valence-corrected chi connectivity index (χ3v) is 2.98. The van der Waals surface area contributed by atoms with Gasteiger partial charge in [-0.05, 0) is 25.2 Å². The first-order chi connectivity index (χ1) is 7.20. The molecule has 0 aliphatic heterocycles. The van der Waals surface area contributed by atoms with Gasteiger partial charge in [-0.15, -0.1) is 11.8 Å². The monoisotopic (exact) mass is 224 g/mol. The molecule has 0 radical (unpaired) electrons. The molecule has 0 bridgehead atoms. The Balaban J connectivity index is 2.26. The van der Waals surface area contributed by atoms with Crippen LogP contribution in [-0.2, 0) is 0 Å². The third-order valence-electron chi connectivity index (χ3n) is 2.29. The maximum Gasteiger partial charge on any atom is 0.170 e. The Morgan fingerprint density at radius 2 is 2.20 bits per heavy atom. The molecule has 3 nitrogen and oxygen atoms in total. The van der Waals surface area contributed by atoms with Crippen LogP contribution in [0.3, 0.4) is 0 Å².